The summed E-state index contributed by atoms with van der Waals surface area (Å²) in [6.07, 6.45) is 1.60. The zero-order valence-electron chi connectivity index (χ0n) is 17.4. The van der Waals surface area contributed by atoms with Crippen LogP contribution in [-0.2, 0) is 0 Å². The summed E-state index contributed by atoms with van der Waals surface area (Å²) in [7, 11) is 1.63. The number of aromatic nitrogens is 4. The van der Waals surface area contributed by atoms with Crippen LogP contribution in [-0.4, -0.2) is 31.7 Å². The second-order valence-electron chi connectivity index (χ2n) is 7.46. The summed E-state index contributed by atoms with van der Waals surface area (Å²) in [5, 5.41) is 20.9. The Morgan fingerprint density at radius 3 is 2.58 bits per heavy atom. The number of hydrogen-bond acceptors (Lipinski definition) is 5. The molecule has 0 saturated carbocycles. The van der Waals surface area contributed by atoms with E-state index in [1.165, 1.54) is 0 Å². The van der Waals surface area contributed by atoms with Crippen LogP contribution in [0.4, 0.5) is 0 Å². The molecule has 5 rings (SSSR count). The lowest BCUT2D eigenvalue weighted by Crippen LogP contribution is -2.16. The van der Waals surface area contributed by atoms with Gasteiger partial charge in [0, 0.05) is 11.1 Å². The number of hydrogen-bond donors (Lipinski definition) is 3. The summed E-state index contributed by atoms with van der Waals surface area (Å²) >= 11 is 0. The van der Waals surface area contributed by atoms with Crippen molar-refractivity contribution in [3.63, 3.8) is 0 Å². The van der Waals surface area contributed by atoms with Gasteiger partial charge in [-0.05, 0) is 31.5 Å². The number of nitrogens with zero attached hydrogens (tertiary/aromatic N) is 3. The molecule has 7 heteroatoms. The summed E-state index contributed by atoms with van der Waals surface area (Å²) in [4.78, 5) is 12.2. The first kappa shape index (κ1) is 18.9. The number of rotatable bonds is 3. The second-order valence-corrected chi connectivity index (χ2v) is 7.46. The lowest BCUT2D eigenvalue weighted by Gasteiger charge is -2.15. The first-order chi connectivity index (χ1) is 15.0. The highest BCUT2D eigenvalue weighted by molar-refractivity contribution is 6.08. The van der Waals surface area contributed by atoms with Gasteiger partial charge in [0.15, 0.2) is 5.65 Å². The van der Waals surface area contributed by atoms with Gasteiger partial charge in [-0.25, -0.2) is 9.97 Å². The number of nitrogens with one attached hydrogen (secondary N) is 2. The number of benzene rings is 2. The van der Waals surface area contributed by atoms with Crippen molar-refractivity contribution in [2.24, 2.45) is 0 Å². The maximum absolute atomic E-state index is 11.0. The van der Waals surface area contributed by atoms with Gasteiger partial charge >= 0.3 is 0 Å². The topological polar surface area (TPSA) is 99.8 Å². The molecule has 0 radical (unpaired) electrons. The maximum Gasteiger partial charge on any atom is 0.223 e. The molecule has 0 saturated heterocycles. The molecular weight excluding hydrogens is 390 g/mol. The molecule has 7 nitrogen and oxygen atoms in total. The number of aryl methyl sites for hydroxylation is 1. The van der Waals surface area contributed by atoms with Crippen LogP contribution in [0.15, 0.2) is 54.9 Å². The van der Waals surface area contributed by atoms with Crippen LogP contribution in [0.25, 0.3) is 38.9 Å². The highest BCUT2D eigenvalue weighted by Gasteiger charge is 2.21. The lowest BCUT2D eigenvalue weighted by atomic mass is 10.1. The molecular formula is C24H21N5O2. The minimum Gasteiger partial charge on any atom is -0.496 e. The van der Waals surface area contributed by atoms with E-state index in [1.807, 2.05) is 62.4 Å². The van der Waals surface area contributed by atoms with Crippen molar-refractivity contribution in [2.75, 3.05) is 7.11 Å². The summed E-state index contributed by atoms with van der Waals surface area (Å²) in [6, 6.07) is 15.4. The van der Waals surface area contributed by atoms with Crippen LogP contribution >= 0.6 is 0 Å². The average molecular weight is 411 g/mol. The predicted molar refractivity (Wildman–Crippen MR) is 120 cm³/mol. The van der Waals surface area contributed by atoms with Crippen LogP contribution in [0.5, 0.6) is 11.6 Å². The van der Waals surface area contributed by atoms with Crippen LogP contribution in [0.3, 0.4) is 0 Å². The Kier molecular flexibility index (Phi) is 4.25. The van der Waals surface area contributed by atoms with E-state index in [0.717, 1.165) is 33.6 Å². The van der Waals surface area contributed by atoms with Crippen LogP contribution in [0.2, 0.25) is 0 Å². The SMILES string of the molecule is COc1ccc(C)c(-n2c(=N)c3c(O)nc(-c4ccccc4)cc4[nH]cnc2c43)c1C. The van der Waals surface area contributed by atoms with Crippen molar-refractivity contribution in [1.82, 2.24) is 19.5 Å². The quantitative estimate of drug-likeness (QED) is 0.410. The normalized spacial score (nSPS) is 11.3. The number of aromatic amines is 1. The third-order valence-electron chi connectivity index (χ3n) is 5.65. The highest BCUT2D eigenvalue weighted by Crippen LogP contribution is 2.34. The third-order valence-corrected chi connectivity index (χ3v) is 5.65. The van der Waals surface area contributed by atoms with Gasteiger partial charge in [0.1, 0.15) is 11.2 Å². The summed E-state index contributed by atoms with van der Waals surface area (Å²) in [5.41, 5.74) is 5.58. The Morgan fingerprint density at radius 2 is 1.84 bits per heavy atom. The Hall–Kier alpha value is -4.13. The van der Waals surface area contributed by atoms with E-state index in [-0.39, 0.29) is 11.4 Å². The molecule has 0 amide bonds. The molecule has 3 N–H and O–H groups in total. The Balaban J connectivity index is 1.93. The van der Waals surface area contributed by atoms with E-state index in [2.05, 4.69) is 15.0 Å². The third kappa shape index (κ3) is 2.78. The standard InChI is InChI=1S/C24H21N5O2/c1-13-9-10-18(31-3)14(2)21(13)29-22(25)20-19-17(26-12-27-23(19)29)11-16(28-24(20)30)15-7-5-4-6-8-15/h4-12,25,30H,1-3H3,(H,26,27). The van der Waals surface area contributed by atoms with E-state index in [0.29, 0.717) is 22.1 Å². The molecule has 0 aliphatic carbocycles. The van der Waals surface area contributed by atoms with Crippen molar-refractivity contribution in [1.29, 1.82) is 5.41 Å². The summed E-state index contributed by atoms with van der Waals surface area (Å²) in [5.74, 6) is 0.518. The van der Waals surface area contributed by atoms with Crippen LogP contribution in [0.1, 0.15) is 11.1 Å². The van der Waals surface area contributed by atoms with Crippen molar-refractivity contribution in [3.8, 4) is 28.6 Å². The van der Waals surface area contributed by atoms with Gasteiger partial charge in [0.25, 0.3) is 0 Å². The molecule has 0 atom stereocenters. The first-order valence-electron chi connectivity index (χ1n) is 9.87. The Bertz CT molecular complexity index is 1520. The van der Waals surface area contributed by atoms with E-state index >= 15 is 0 Å². The Labute approximate surface area is 178 Å². The summed E-state index contributed by atoms with van der Waals surface area (Å²) in [6.45, 7) is 3.94. The largest absolute Gasteiger partial charge is 0.496 e. The monoisotopic (exact) mass is 411 g/mol. The van der Waals surface area contributed by atoms with Gasteiger partial charge in [-0.15, -0.1) is 0 Å². The van der Waals surface area contributed by atoms with E-state index in [4.69, 9.17) is 10.1 Å². The fraction of sp³-hybridized carbons (Fsp3) is 0.125. The number of methoxy groups -OCH3 is 1. The smallest absolute Gasteiger partial charge is 0.223 e. The van der Waals surface area contributed by atoms with Gasteiger partial charge < -0.3 is 14.8 Å². The summed E-state index contributed by atoms with van der Waals surface area (Å²) < 4.78 is 7.26. The molecule has 2 aromatic carbocycles. The van der Waals surface area contributed by atoms with Gasteiger partial charge in [0.2, 0.25) is 5.88 Å². The minimum absolute atomic E-state index is 0.117. The Morgan fingerprint density at radius 1 is 1.06 bits per heavy atom. The van der Waals surface area contributed by atoms with E-state index < -0.39 is 0 Å². The van der Waals surface area contributed by atoms with Crippen LogP contribution < -0.4 is 10.2 Å². The maximum atomic E-state index is 11.0. The van der Waals surface area contributed by atoms with Crippen molar-refractivity contribution in [2.45, 2.75) is 13.8 Å². The van der Waals surface area contributed by atoms with Crippen molar-refractivity contribution in [3.05, 3.63) is 71.5 Å². The molecule has 0 unspecified atom stereocenters. The predicted octanol–water partition coefficient (Wildman–Crippen LogP) is 4.38. The zero-order chi connectivity index (χ0) is 21.7. The molecule has 0 spiro atoms. The molecule has 0 aliphatic heterocycles. The fourth-order valence-electron chi connectivity index (χ4n) is 4.20. The van der Waals surface area contributed by atoms with E-state index in [1.54, 1.807) is 18.0 Å². The number of H-pyrrole nitrogens is 1. The van der Waals surface area contributed by atoms with Gasteiger partial charge in [-0.1, -0.05) is 36.4 Å². The molecule has 5 aromatic rings. The van der Waals surface area contributed by atoms with E-state index in [9.17, 15) is 5.11 Å². The molecule has 154 valence electrons. The lowest BCUT2D eigenvalue weighted by molar-refractivity contribution is 0.411. The second kappa shape index (κ2) is 6.98. The molecule has 3 aromatic heterocycles. The van der Waals surface area contributed by atoms with Gasteiger partial charge in [-0.3, -0.25) is 9.98 Å². The number of ether oxygens (including phenoxy) is 1. The zero-order valence-corrected chi connectivity index (χ0v) is 17.4. The van der Waals surface area contributed by atoms with Crippen molar-refractivity contribution < 1.29 is 9.84 Å². The molecule has 0 aliphatic rings. The first-order valence-corrected chi connectivity index (χ1v) is 9.87. The highest BCUT2D eigenvalue weighted by atomic mass is 16.5. The molecule has 0 fully saturated rings. The molecule has 0 bridgehead atoms. The van der Waals surface area contributed by atoms with Gasteiger partial charge in [-0.2, -0.15) is 0 Å². The van der Waals surface area contributed by atoms with Crippen LogP contribution in [0, 0.1) is 19.3 Å². The minimum atomic E-state index is -0.206. The number of aromatic hydroxyl groups is 1. The van der Waals surface area contributed by atoms with Gasteiger partial charge in [0.05, 0.1) is 41.1 Å². The molecule has 31 heavy (non-hydrogen) atoms. The van der Waals surface area contributed by atoms with Crippen molar-refractivity contribution >= 4 is 21.9 Å². The molecule has 3 heterocycles. The fourth-order valence-corrected chi connectivity index (χ4v) is 4.20. The average Bonchev–Trinajstić information content (AvgIpc) is 2.97.